The zero-order valence-electron chi connectivity index (χ0n) is 40.2. The number of halogens is 2. The molecule has 0 aliphatic rings. The number of amides is 2. The maximum Gasteiger partial charge on any atom is 2.00 e. The van der Waals surface area contributed by atoms with Crippen LogP contribution in [0.3, 0.4) is 0 Å². The Labute approximate surface area is 470 Å². The number of carbonyl (C=O) groups excluding carboxylic acids is 2. The summed E-state index contributed by atoms with van der Waals surface area (Å²) in [7, 11) is -6.54. The normalized spacial score (nSPS) is 11.5. The first-order valence-electron chi connectivity index (χ1n) is 22.0. The molecule has 0 fully saturated rings. The van der Waals surface area contributed by atoms with Crippen LogP contribution in [-0.4, -0.2) is 94.8 Å². The number of ether oxygens (including phenoxy) is 2. The molecule has 0 aliphatic carbocycles. The van der Waals surface area contributed by atoms with Crippen molar-refractivity contribution in [3.8, 4) is 23.0 Å². The van der Waals surface area contributed by atoms with Crippen molar-refractivity contribution in [3.63, 3.8) is 0 Å². The van der Waals surface area contributed by atoms with E-state index >= 15 is 0 Å². The Kier molecular flexibility index (Phi) is 19.0. The maximum atomic E-state index is 13.4. The minimum atomic E-state index is -4.92. The molecule has 8 rings (SSSR count). The van der Waals surface area contributed by atoms with E-state index in [0.29, 0.717) is 44.4 Å². The quantitative estimate of drug-likeness (QED) is 0.0449. The van der Waals surface area contributed by atoms with Crippen molar-refractivity contribution >= 4 is 149 Å². The van der Waals surface area contributed by atoms with Gasteiger partial charge in [0.2, 0.25) is 0 Å². The van der Waals surface area contributed by atoms with Crippen LogP contribution in [0.1, 0.15) is 45.7 Å². The fourth-order valence-electron chi connectivity index (χ4n) is 7.65. The number of hydrogen-bond acceptors (Lipinski definition) is 15. The summed E-state index contributed by atoms with van der Waals surface area (Å²) in [5, 5.41) is 48.2. The van der Waals surface area contributed by atoms with Crippen LogP contribution in [0.5, 0.6) is 23.0 Å². The Bertz CT molecular complexity index is 3530. The summed E-state index contributed by atoms with van der Waals surface area (Å²) >= 11 is 12.2. The minimum Gasteiger partial charge on any atom is -0.870 e. The molecule has 2 amide bonds. The Morgan fingerprint density at radius 1 is 0.600 bits per heavy atom. The standard InChI is InChI=1S/2C26H22ClN3O6S.Ca/c2*1-3-15-12-17(27)14-22(25(15)37(33,34)35)29-30-23-20-7-5-4-6-16(20)13-21(24(23)31)26(32)28-18-8-10-19(36-2)11-9-18;/h2*4-14,31H,3H2,1-2H3,(H,28,32)(H,33,34,35);/q;;+2/p-2. The van der Waals surface area contributed by atoms with Gasteiger partial charge in [-0.3, -0.25) is 14.1 Å². The van der Waals surface area contributed by atoms with Crippen molar-refractivity contribution in [2.24, 2.45) is 20.5 Å². The third-order valence-corrected chi connectivity index (χ3v) is 13.6. The van der Waals surface area contributed by atoms with Gasteiger partial charge in [-0.1, -0.05) is 91.3 Å². The van der Waals surface area contributed by atoms with Gasteiger partial charge < -0.3 is 34.9 Å². The van der Waals surface area contributed by atoms with Crippen LogP contribution in [-0.2, 0) is 33.1 Å². The molecule has 0 aliphatic heterocycles. The van der Waals surface area contributed by atoms with Crippen LogP contribution in [0.25, 0.3) is 21.5 Å². The molecule has 75 heavy (non-hydrogen) atoms. The van der Waals surface area contributed by atoms with Gasteiger partial charge in [0.15, 0.2) is 5.75 Å². The SMILES string of the molecule is CCc1cc(Cl)cc(N=Nc2c(O)c(C(=O)Nc3ccc(OC)cc3)cc3ccccc23)c1S(=O)(=O)O.CCc1cc(Cl)cc(N=Nc2c([O-])c(C(=O)Nc3ccc(OC)cc3)cc3ccccc23)c1S(=O)(=O)[O-].[Ca+2]. The second-order valence-corrected chi connectivity index (χ2v) is 19.4. The number of hydrogen-bond donors (Lipinski definition) is 4. The van der Waals surface area contributed by atoms with E-state index in [9.17, 15) is 45.7 Å². The summed E-state index contributed by atoms with van der Waals surface area (Å²) in [5.41, 5.74) is 0.339. The number of anilines is 2. The number of azo groups is 2. The molecule has 0 heterocycles. The first-order chi connectivity index (χ1) is 35.2. The van der Waals surface area contributed by atoms with Gasteiger partial charge in [0.25, 0.3) is 21.9 Å². The van der Waals surface area contributed by atoms with Crippen LogP contribution in [0.15, 0.2) is 164 Å². The zero-order chi connectivity index (χ0) is 53.5. The second kappa shape index (κ2) is 24.7. The summed E-state index contributed by atoms with van der Waals surface area (Å²) in [5.74, 6) is -1.23. The van der Waals surface area contributed by atoms with E-state index in [2.05, 4.69) is 31.1 Å². The number of phenolic OH excluding ortho intramolecular Hbond substituents is 1. The molecule has 8 aromatic rings. The first kappa shape index (κ1) is 57.6. The molecule has 4 N–H and O–H groups in total. The van der Waals surface area contributed by atoms with Gasteiger partial charge in [0, 0.05) is 37.8 Å². The first-order valence-corrected chi connectivity index (χ1v) is 25.6. The van der Waals surface area contributed by atoms with Crippen molar-refractivity contribution < 1.29 is 55.2 Å². The molecule has 0 bridgehead atoms. The van der Waals surface area contributed by atoms with Crippen LogP contribution in [0.4, 0.5) is 34.1 Å². The molecular formula is C52H42CaCl2N6O12S2. The van der Waals surface area contributed by atoms with Crippen molar-refractivity contribution in [1.82, 2.24) is 0 Å². The van der Waals surface area contributed by atoms with Crippen molar-refractivity contribution in [3.05, 3.63) is 166 Å². The molecule has 18 nitrogen and oxygen atoms in total. The van der Waals surface area contributed by atoms with Crippen molar-refractivity contribution in [1.29, 1.82) is 0 Å². The second-order valence-electron chi connectivity index (χ2n) is 15.9. The summed E-state index contributed by atoms with van der Waals surface area (Å²) < 4.78 is 80.1. The molecule has 23 heteroatoms. The van der Waals surface area contributed by atoms with Crippen LogP contribution < -0.4 is 25.2 Å². The number of nitrogens with zero attached hydrogens (tertiary/aromatic N) is 4. The summed E-state index contributed by atoms with van der Waals surface area (Å²) in [6.45, 7) is 3.36. The third-order valence-electron chi connectivity index (χ3n) is 11.2. The minimum absolute atomic E-state index is 0. The van der Waals surface area contributed by atoms with E-state index in [1.165, 1.54) is 50.6 Å². The van der Waals surface area contributed by atoms with Gasteiger partial charge in [-0.05, 0) is 120 Å². The summed E-state index contributed by atoms with van der Waals surface area (Å²) in [6, 6.07) is 35.0. The van der Waals surface area contributed by atoms with E-state index < -0.39 is 53.3 Å². The number of benzene rings is 8. The predicted octanol–water partition coefficient (Wildman–Crippen LogP) is 12.0. The number of phenols is 1. The average Bonchev–Trinajstić information content (AvgIpc) is 3.37. The largest absolute Gasteiger partial charge is 2.00 e. The Morgan fingerprint density at radius 2 is 1.01 bits per heavy atom. The number of rotatable bonds is 14. The number of nitrogens with one attached hydrogen (secondary N) is 2. The van der Waals surface area contributed by atoms with Gasteiger partial charge >= 0.3 is 37.7 Å². The van der Waals surface area contributed by atoms with Gasteiger partial charge in [-0.25, -0.2) is 8.42 Å². The number of fused-ring (bicyclic) bond motifs is 2. The van der Waals surface area contributed by atoms with Crippen molar-refractivity contribution in [2.45, 2.75) is 36.5 Å². The fraction of sp³-hybridized carbons (Fsp3) is 0.115. The topological polar surface area (TPSA) is 281 Å². The molecule has 0 spiro atoms. The number of methoxy groups -OCH3 is 2. The van der Waals surface area contributed by atoms with E-state index in [1.54, 1.807) is 111 Å². The number of carbonyl (C=O) groups is 2. The Hall–Kier alpha value is -6.72. The smallest absolute Gasteiger partial charge is 0.870 e. The molecule has 0 radical (unpaired) electrons. The maximum absolute atomic E-state index is 13.4. The van der Waals surface area contributed by atoms with Gasteiger partial charge in [-0.2, -0.15) is 13.5 Å². The molecule has 0 unspecified atom stereocenters. The van der Waals surface area contributed by atoms with Crippen LogP contribution in [0.2, 0.25) is 10.0 Å². The van der Waals surface area contributed by atoms with Gasteiger partial charge in [0.1, 0.15) is 43.6 Å². The van der Waals surface area contributed by atoms with E-state index in [-0.39, 0.29) is 106 Å². The molecule has 0 atom stereocenters. The predicted molar refractivity (Wildman–Crippen MR) is 284 cm³/mol. The van der Waals surface area contributed by atoms with Gasteiger partial charge in [-0.15, -0.1) is 15.3 Å². The number of aromatic hydroxyl groups is 1. The third kappa shape index (κ3) is 13.6. The van der Waals surface area contributed by atoms with E-state index in [4.69, 9.17) is 32.7 Å². The van der Waals surface area contributed by atoms with Crippen LogP contribution >= 0.6 is 23.2 Å². The molecular weight excluding hydrogens is 1080 g/mol. The van der Waals surface area contributed by atoms with E-state index in [1.807, 2.05) is 0 Å². The Balaban J connectivity index is 0.000000241. The molecule has 8 aromatic carbocycles. The molecule has 0 saturated heterocycles. The summed E-state index contributed by atoms with van der Waals surface area (Å²) in [4.78, 5) is 25.1. The molecule has 0 aromatic heterocycles. The number of aryl methyl sites for hydroxylation is 2. The molecule has 0 saturated carbocycles. The molecule has 380 valence electrons. The fourth-order valence-corrected chi connectivity index (χ4v) is 9.90. The van der Waals surface area contributed by atoms with E-state index in [0.717, 1.165) is 0 Å². The van der Waals surface area contributed by atoms with Crippen LogP contribution in [0, 0.1) is 0 Å². The monoisotopic (exact) mass is 1120 g/mol. The Morgan fingerprint density at radius 3 is 1.47 bits per heavy atom. The van der Waals surface area contributed by atoms with Crippen molar-refractivity contribution in [2.75, 3.05) is 24.9 Å². The van der Waals surface area contributed by atoms with Gasteiger partial charge in [0.05, 0.1) is 30.4 Å². The zero-order valence-corrected chi connectivity index (χ0v) is 45.5. The average molecular weight is 1120 g/mol. The summed E-state index contributed by atoms with van der Waals surface area (Å²) in [6.07, 6.45) is 0.462.